The number of carbonyl (C=O) groups is 2. The van der Waals surface area contributed by atoms with E-state index < -0.39 is 5.92 Å². The topological polar surface area (TPSA) is 81.5 Å². The van der Waals surface area contributed by atoms with Crippen LogP contribution in [0, 0.1) is 5.92 Å². The summed E-state index contributed by atoms with van der Waals surface area (Å²) in [7, 11) is 0. The van der Waals surface area contributed by atoms with Crippen molar-refractivity contribution in [2.75, 3.05) is 0 Å². The van der Waals surface area contributed by atoms with Crippen molar-refractivity contribution in [2.45, 2.75) is 25.9 Å². The monoisotopic (exact) mass is 287 g/mol. The number of Topliss-reactive ketones (excluding diaryl/α,β-unsaturated/α-hetero) is 2. The molecule has 6 nitrogen and oxygen atoms in total. The van der Waals surface area contributed by atoms with Gasteiger partial charge in [0.1, 0.15) is 27.5 Å². The van der Waals surface area contributed by atoms with E-state index in [0.29, 0.717) is 29.3 Å². The lowest BCUT2D eigenvalue weighted by molar-refractivity contribution is -0.132. The normalized spacial score (nSPS) is 17.6. The molecule has 0 bridgehead atoms. The van der Waals surface area contributed by atoms with E-state index in [2.05, 4.69) is 14.7 Å². The number of oxime groups is 1. The number of hydrogen-bond acceptors (Lipinski definition) is 7. The second-order valence-electron chi connectivity index (χ2n) is 3.79. The minimum atomic E-state index is -0.761. The standard InChI is InChI=1S/C10H10ClN3O3S/c11-10-7(13-14-18-10)5-17-12-4-6-8(15)2-1-3-9(6)16/h4,6H,1-3,5H2. The number of carbonyl (C=O) groups excluding carboxylic acids is 2. The van der Waals surface area contributed by atoms with Crippen LogP contribution in [0.2, 0.25) is 4.34 Å². The summed E-state index contributed by atoms with van der Waals surface area (Å²) in [6, 6.07) is 0. The molecule has 2 rings (SSSR count). The van der Waals surface area contributed by atoms with Crippen LogP contribution >= 0.6 is 23.1 Å². The van der Waals surface area contributed by atoms with Gasteiger partial charge in [-0.25, -0.2) is 0 Å². The van der Waals surface area contributed by atoms with Gasteiger partial charge in [-0.05, 0) is 6.42 Å². The first-order chi connectivity index (χ1) is 8.68. The Morgan fingerprint density at radius 1 is 1.44 bits per heavy atom. The molecule has 0 saturated heterocycles. The summed E-state index contributed by atoms with van der Waals surface area (Å²) in [5.41, 5.74) is 0.486. The summed E-state index contributed by atoms with van der Waals surface area (Å²) >= 11 is 6.82. The average Bonchev–Trinajstić information content (AvgIpc) is 2.73. The molecule has 96 valence electrons. The Hall–Kier alpha value is -1.34. The molecule has 1 aromatic rings. The van der Waals surface area contributed by atoms with E-state index in [-0.39, 0.29) is 18.2 Å². The maximum Gasteiger partial charge on any atom is 0.163 e. The summed E-state index contributed by atoms with van der Waals surface area (Å²) in [6.45, 7) is 0.0704. The van der Waals surface area contributed by atoms with Crippen molar-refractivity contribution in [3.63, 3.8) is 0 Å². The molecular formula is C10H10ClN3O3S. The van der Waals surface area contributed by atoms with E-state index in [1.807, 2.05) is 0 Å². The maximum absolute atomic E-state index is 11.5. The highest BCUT2D eigenvalue weighted by Crippen LogP contribution is 2.18. The Balaban J connectivity index is 1.85. The van der Waals surface area contributed by atoms with Crippen LogP contribution in [0.5, 0.6) is 0 Å². The number of nitrogens with zero attached hydrogens (tertiary/aromatic N) is 3. The first-order valence-electron chi connectivity index (χ1n) is 5.36. The van der Waals surface area contributed by atoms with Crippen molar-refractivity contribution in [1.29, 1.82) is 0 Å². The lowest BCUT2D eigenvalue weighted by Gasteiger charge is -2.14. The average molecular weight is 288 g/mol. The maximum atomic E-state index is 11.5. The Bertz CT molecular complexity index is 472. The van der Waals surface area contributed by atoms with Crippen LogP contribution in [0.15, 0.2) is 5.16 Å². The second kappa shape index (κ2) is 6.01. The number of aromatic nitrogens is 2. The third kappa shape index (κ3) is 3.11. The summed E-state index contributed by atoms with van der Waals surface area (Å²) in [5, 5.41) is 7.36. The Morgan fingerprint density at radius 2 is 2.17 bits per heavy atom. The highest BCUT2D eigenvalue weighted by molar-refractivity contribution is 7.10. The second-order valence-corrected chi connectivity index (χ2v) is 5.14. The number of ketones is 2. The lowest BCUT2D eigenvalue weighted by atomic mass is 9.88. The van der Waals surface area contributed by atoms with Gasteiger partial charge in [-0.15, -0.1) is 5.10 Å². The van der Waals surface area contributed by atoms with E-state index in [4.69, 9.17) is 16.4 Å². The van der Waals surface area contributed by atoms with Crippen molar-refractivity contribution in [3.05, 3.63) is 10.0 Å². The number of rotatable bonds is 4. The van der Waals surface area contributed by atoms with Crippen molar-refractivity contribution in [2.24, 2.45) is 11.1 Å². The van der Waals surface area contributed by atoms with Crippen LogP contribution in [0.1, 0.15) is 25.0 Å². The third-order valence-electron chi connectivity index (χ3n) is 2.54. The zero-order chi connectivity index (χ0) is 13.0. The molecule has 0 N–H and O–H groups in total. The fourth-order valence-electron chi connectivity index (χ4n) is 1.58. The lowest BCUT2D eigenvalue weighted by Crippen LogP contribution is -2.29. The molecule has 0 aromatic carbocycles. The van der Waals surface area contributed by atoms with Gasteiger partial charge in [-0.2, -0.15) is 0 Å². The molecule has 0 radical (unpaired) electrons. The van der Waals surface area contributed by atoms with Crippen LogP contribution < -0.4 is 0 Å². The van der Waals surface area contributed by atoms with E-state index in [1.54, 1.807) is 0 Å². The molecule has 0 unspecified atom stereocenters. The molecule has 1 heterocycles. The van der Waals surface area contributed by atoms with Crippen LogP contribution in [-0.4, -0.2) is 27.4 Å². The Morgan fingerprint density at radius 3 is 2.78 bits per heavy atom. The first kappa shape index (κ1) is 13.1. The van der Waals surface area contributed by atoms with Gasteiger partial charge in [-0.3, -0.25) is 9.59 Å². The highest BCUT2D eigenvalue weighted by atomic mass is 35.5. The molecule has 0 amide bonds. The molecule has 18 heavy (non-hydrogen) atoms. The van der Waals surface area contributed by atoms with Gasteiger partial charge in [0, 0.05) is 24.4 Å². The summed E-state index contributed by atoms with van der Waals surface area (Å²) in [5.74, 6) is -0.971. The molecule has 1 saturated carbocycles. The largest absolute Gasteiger partial charge is 0.389 e. The van der Waals surface area contributed by atoms with E-state index in [0.717, 1.165) is 11.5 Å². The van der Waals surface area contributed by atoms with Gasteiger partial charge >= 0.3 is 0 Å². The molecular weight excluding hydrogens is 278 g/mol. The van der Waals surface area contributed by atoms with Crippen LogP contribution in [0.4, 0.5) is 0 Å². The Labute approximate surface area is 112 Å². The number of hydrogen-bond donors (Lipinski definition) is 0. The van der Waals surface area contributed by atoms with Crippen molar-refractivity contribution in [3.8, 4) is 0 Å². The van der Waals surface area contributed by atoms with Gasteiger partial charge in [-0.1, -0.05) is 21.2 Å². The van der Waals surface area contributed by atoms with Crippen LogP contribution in [0.3, 0.4) is 0 Å². The summed E-state index contributed by atoms with van der Waals surface area (Å²) in [4.78, 5) is 27.9. The molecule has 0 atom stereocenters. The van der Waals surface area contributed by atoms with Crippen LogP contribution in [0.25, 0.3) is 0 Å². The molecule has 1 aliphatic carbocycles. The minimum absolute atomic E-state index is 0.0704. The molecule has 8 heteroatoms. The SMILES string of the molecule is O=C1CCCC(=O)C1C=NOCc1nnsc1Cl. The smallest absolute Gasteiger partial charge is 0.163 e. The first-order valence-corrected chi connectivity index (χ1v) is 6.51. The number of halogens is 1. The van der Waals surface area contributed by atoms with Crippen molar-refractivity contribution < 1.29 is 14.4 Å². The van der Waals surface area contributed by atoms with Gasteiger partial charge in [0.25, 0.3) is 0 Å². The van der Waals surface area contributed by atoms with Gasteiger partial charge in [0.2, 0.25) is 0 Å². The third-order valence-corrected chi connectivity index (χ3v) is 3.52. The van der Waals surface area contributed by atoms with Crippen molar-refractivity contribution >= 4 is 40.9 Å². The predicted molar refractivity (Wildman–Crippen MR) is 65.6 cm³/mol. The predicted octanol–water partition coefficient (Wildman–Crippen LogP) is 1.63. The van der Waals surface area contributed by atoms with Gasteiger partial charge < -0.3 is 4.84 Å². The van der Waals surface area contributed by atoms with E-state index >= 15 is 0 Å². The molecule has 0 aliphatic heterocycles. The van der Waals surface area contributed by atoms with E-state index in [9.17, 15) is 9.59 Å². The van der Waals surface area contributed by atoms with Gasteiger partial charge in [0.15, 0.2) is 6.61 Å². The quantitative estimate of drug-likeness (QED) is 0.477. The minimum Gasteiger partial charge on any atom is -0.389 e. The summed E-state index contributed by atoms with van der Waals surface area (Å²) < 4.78 is 4.07. The van der Waals surface area contributed by atoms with Gasteiger partial charge in [0.05, 0.1) is 6.21 Å². The molecule has 1 fully saturated rings. The zero-order valence-electron chi connectivity index (χ0n) is 9.34. The fourth-order valence-corrected chi connectivity index (χ4v) is 2.18. The molecule has 1 aromatic heterocycles. The molecule has 1 aliphatic rings. The van der Waals surface area contributed by atoms with Crippen LogP contribution in [-0.2, 0) is 21.0 Å². The summed E-state index contributed by atoms with van der Waals surface area (Å²) in [6.07, 6.45) is 2.72. The fraction of sp³-hybridized carbons (Fsp3) is 0.500. The molecule has 0 spiro atoms. The van der Waals surface area contributed by atoms with E-state index in [1.165, 1.54) is 6.21 Å². The highest BCUT2D eigenvalue weighted by Gasteiger charge is 2.28. The zero-order valence-corrected chi connectivity index (χ0v) is 10.9. The Kier molecular flexibility index (Phi) is 4.38. The van der Waals surface area contributed by atoms with Crippen molar-refractivity contribution in [1.82, 2.24) is 9.59 Å².